The highest BCUT2D eigenvalue weighted by molar-refractivity contribution is 6.09. The Bertz CT molecular complexity index is 1880. The van der Waals surface area contributed by atoms with Gasteiger partial charge in [-0.3, -0.25) is 18.8 Å². The second kappa shape index (κ2) is 10.0. The number of aromatic amines is 1. The van der Waals surface area contributed by atoms with Crippen LogP contribution in [0, 0.1) is 6.92 Å². The molecule has 7 rings (SSSR count). The number of aryl methyl sites for hydroxylation is 1. The molecule has 1 spiro atoms. The van der Waals surface area contributed by atoms with Gasteiger partial charge in [0.05, 0.1) is 35.3 Å². The summed E-state index contributed by atoms with van der Waals surface area (Å²) in [6.07, 6.45) is 4.17. The molecule has 222 valence electrons. The van der Waals surface area contributed by atoms with Gasteiger partial charge in [0.1, 0.15) is 11.3 Å². The van der Waals surface area contributed by atoms with Crippen molar-refractivity contribution >= 4 is 40.0 Å². The molecule has 11 heteroatoms. The average molecular weight is 584 g/mol. The minimum Gasteiger partial charge on any atom is -0.465 e. The van der Waals surface area contributed by atoms with Crippen LogP contribution in [0.5, 0.6) is 0 Å². The highest BCUT2D eigenvalue weighted by Crippen LogP contribution is 2.48. The molecule has 0 unspecified atom stereocenters. The predicted molar refractivity (Wildman–Crippen MR) is 159 cm³/mol. The third-order valence-electron chi connectivity index (χ3n) is 9.58. The van der Waals surface area contributed by atoms with Gasteiger partial charge >= 0.3 is 5.97 Å². The Morgan fingerprint density at radius 1 is 1.07 bits per heavy atom. The number of rotatable bonds is 3. The first-order valence-electron chi connectivity index (χ1n) is 14.7. The number of hydrogen-bond acceptors (Lipinski definition) is 7. The Morgan fingerprint density at radius 3 is 2.53 bits per heavy atom. The highest BCUT2D eigenvalue weighted by Gasteiger charge is 2.51. The van der Waals surface area contributed by atoms with Crippen molar-refractivity contribution < 1.29 is 23.9 Å². The van der Waals surface area contributed by atoms with Crippen molar-refractivity contribution in [1.29, 1.82) is 0 Å². The van der Waals surface area contributed by atoms with Crippen LogP contribution in [-0.2, 0) is 19.7 Å². The Morgan fingerprint density at radius 2 is 1.81 bits per heavy atom. The number of aromatic nitrogens is 3. The number of esters is 1. The fourth-order valence-corrected chi connectivity index (χ4v) is 7.17. The zero-order valence-corrected chi connectivity index (χ0v) is 24.4. The summed E-state index contributed by atoms with van der Waals surface area (Å²) in [7, 11) is 3.08. The molecule has 0 radical (unpaired) electrons. The summed E-state index contributed by atoms with van der Waals surface area (Å²) in [5.41, 5.74) is 4.08. The quantitative estimate of drug-likeness (QED) is 0.367. The number of ether oxygens (including phenoxy) is 2. The SMILES string of the molecule is COC(=O)c1ccc2c(c1)C1(CCN(C(=O)c3cc4[nH]c(=O)c5cnc(C6CCOCC6)n5c4cc3C)CC1)C(=O)N2C. The number of methoxy groups -OCH3 is 1. The van der Waals surface area contributed by atoms with Gasteiger partial charge in [0.15, 0.2) is 0 Å². The number of hydrogen-bond donors (Lipinski definition) is 1. The van der Waals surface area contributed by atoms with E-state index >= 15 is 0 Å². The van der Waals surface area contributed by atoms with Crippen LogP contribution in [0.4, 0.5) is 5.69 Å². The summed E-state index contributed by atoms with van der Waals surface area (Å²) in [6, 6.07) is 8.92. The molecule has 0 aliphatic carbocycles. The lowest BCUT2D eigenvalue weighted by molar-refractivity contribution is -0.124. The summed E-state index contributed by atoms with van der Waals surface area (Å²) in [5.74, 6) is 0.407. The molecule has 43 heavy (non-hydrogen) atoms. The van der Waals surface area contributed by atoms with Gasteiger partial charge in [0, 0.05) is 50.5 Å². The topological polar surface area (TPSA) is 126 Å². The lowest BCUT2D eigenvalue weighted by Crippen LogP contribution is -2.49. The number of fused-ring (bicyclic) bond motifs is 5. The molecule has 1 N–H and O–H groups in total. The highest BCUT2D eigenvalue weighted by atomic mass is 16.5. The number of nitrogens with zero attached hydrogens (tertiary/aromatic N) is 4. The Hall–Kier alpha value is -4.51. The van der Waals surface area contributed by atoms with Gasteiger partial charge in [-0.25, -0.2) is 9.78 Å². The van der Waals surface area contributed by atoms with E-state index < -0.39 is 11.4 Å². The summed E-state index contributed by atoms with van der Waals surface area (Å²) in [5, 5.41) is 0. The molecule has 3 aliphatic rings. The normalized spacial score (nSPS) is 18.5. The largest absolute Gasteiger partial charge is 0.465 e. The molecule has 5 heterocycles. The number of likely N-dealkylation sites (tertiary alicyclic amines) is 1. The zero-order chi connectivity index (χ0) is 30.0. The fraction of sp³-hybridized carbons (Fsp3) is 0.406. The van der Waals surface area contributed by atoms with E-state index in [1.54, 1.807) is 47.3 Å². The number of H-pyrrole nitrogens is 1. The van der Waals surface area contributed by atoms with Crippen LogP contribution in [0.25, 0.3) is 16.6 Å². The van der Waals surface area contributed by atoms with Crippen LogP contribution in [0.15, 0.2) is 41.3 Å². The first kappa shape index (κ1) is 27.3. The summed E-state index contributed by atoms with van der Waals surface area (Å²) in [4.78, 5) is 63.7. The molecule has 11 nitrogen and oxygen atoms in total. The molecular weight excluding hydrogens is 550 g/mol. The molecule has 0 bridgehead atoms. The molecule has 0 atom stereocenters. The molecular formula is C32H33N5O6. The van der Waals surface area contributed by atoms with Crippen molar-refractivity contribution in [3.8, 4) is 0 Å². The maximum absolute atomic E-state index is 13.9. The number of piperidine rings is 1. The van der Waals surface area contributed by atoms with E-state index in [1.807, 2.05) is 17.4 Å². The monoisotopic (exact) mass is 583 g/mol. The zero-order valence-electron chi connectivity index (χ0n) is 24.4. The third-order valence-corrected chi connectivity index (χ3v) is 9.58. The van der Waals surface area contributed by atoms with Gasteiger partial charge in [-0.05, 0) is 74.1 Å². The van der Waals surface area contributed by atoms with E-state index in [-0.39, 0.29) is 23.3 Å². The van der Waals surface area contributed by atoms with E-state index in [2.05, 4.69) is 9.97 Å². The van der Waals surface area contributed by atoms with Gasteiger partial charge in [-0.15, -0.1) is 0 Å². The number of imidazole rings is 1. The van der Waals surface area contributed by atoms with E-state index in [0.29, 0.717) is 61.3 Å². The lowest BCUT2D eigenvalue weighted by atomic mass is 9.73. The van der Waals surface area contributed by atoms with Crippen LogP contribution in [0.1, 0.15) is 69.3 Å². The van der Waals surface area contributed by atoms with Gasteiger partial charge < -0.3 is 24.3 Å². The Kier molecular flexibility index (Phi) is 6.39. The second-order valence-corrected chi connectivity index (χ2v) is 11.8. The number of amides is 2. The van der Waals surface area contributed by atoms with Crippen molar-refractivity contribution in [2.45, 2.75) is 43.9 Å². The number of nitrogens with one attached hydrogen (secondary N) is 1. The molecule has 2 amide bonds. The average Bonchev–Trinajstić information content (AvgIpc) is 3.57. The minimum atomic E-state index is -0.803. The number of carbonyl (C=O) groups excluding carboxylic acids is 3. The second-order valence-electron chi connectivity index (χ2n) is 11.8. The van der Waals surface area contributed by atoms with Crippen molar-refractivity contribution in [2.24, 2.45) is 0 Å². The predicted octanol–water partition coefficient (Wildman–Crippen LogP) is 3.32. The lowest BCUT2D eigenvalue weighted by Gasteiger charge is -2.38. The first-order valence-corrected chi connectivity index (χ1v) is 14.7. The molecule has 4 aromatic rings. The summed E-state index contributed by atoms with van der Waals surface area (Å²) in [6.45, 7) is 3.98. The van der Waals surface area contributed by atoms with E-state index in [9.17, 15) is 19.2 Å². The molecule has 2 fully saturated rings. The number of carbonyl (C=O) groups is 3. The maximum atomic E-state index is 13.9. The fourth-order valence-electron chi connectivity index (χ4n) is 7.17. The molecule has 0 saturated carbocycles. The number of benzene rings is 2. The maximum Gasteiger partial charge on any atom is 0.337 e. The van der Waals surface area contributed by atoms with E-state index in [4.69, 9.17) is 9.47 Å². The summed E-state index contributed by atoms with van der Waals surface area (Å²) >= 11 is 0. The summed E-state index contributed by atoms with van der Waals surface area (Å²) < 4.78 is 12.4. The van der Waals surface area contributed by atoms with Crippen LogP contribution >= 0.6 is 0 Å². The smallest absolute Gasteiger partial charge is 0.337 e. The Labute approximate surface area is 247 Å². The Balaban J connectivity index is 1.20. The van der Waals surface area contributed by atoms with Crippen LogP contribution in [-0.4, -0.2) is 77.5 Å². The standard InChI is InChI=1S/C32H33N5O6/c1-18-14-25-23(34-28(38)26-17-33-27(37(25)26)19-6-12-43-13-7-19)16-21(18)29(39)36-10-8-32(9-11-36)22-15-20(30(40)42-3)4-5-24(22)35(2)31(32)41/h4-5,14-17,19H,6-13H2,1-3H3,(H,34,38). The first-order chi connectivity index (χ1) is 20.7. The van der Waals surface area contributed by atoms with Crippen molar-refractivity contribution in [3.05, 3.63) is 75.0 Å². The molecule has 2 aromatic carbocycles. The molecule has 2 aromatic heterocycles. The van der Waals surface area contributed by atoms with Gasteiger partial charge in [-0.1, -0.05) is 0 Å². The number of anilines is 1. The van der Waals surface area contributed by atoms with Gasteiger partial charge in [0.25, 0.3) is 11.5 Å². The van der Waals surface area contributed by atoms with Gasteiger partial charge in [-0.2, -0.15) is 0 Å². The van der Waals surface area contributed by atoms with Crippen LogP contribution in [0.2, 0.25) is 0 Å². The minimum absolute atomic E-state index is 0.0271. The van der Waals surface area contributed by atoms with E-state index in [0.717, 1.165) is 41.0 Å². The van der Waals surface area contributed by atoms with Crippen molar-refractivity contribution in [1.82, 2.24) is 19.3 Å². The third kappa shape index (κ3) is 4.09. The van der Waals surface area contributed by atoms with Crippen molar-refractivity contribution in [2.75, 3.05) is 45.4 Å². The number of likely N-dealkylation sites (N-methyl/N-ethyl adjacent to an activating group) is 1. The molecule has 3 aliphatic heterocycles. The van der Waals surface area contributed by atoms with Crippen LogP contribution in [0.3, 0.4) is 0 Å². The van der Waals surface area contributed by atoms with Gasteiger partial charge in [0.2, 0.25) is 5.91 Å². The van der Waals surface area contributed by atoms with Crippen LogP contribution < -0.4 is 10.5 Å². The van der Waals surface area contributed by atoms with E-state index in [1.165, 1.54) is 7.11 Å². The van der Waals surface area contributed by atoms with Crippen molar-refractivity contribution in [3.63, 3.8) is 0 Å². The molecule has 2 saturated heterocycles.